The van der Waals surface area contributed by atoms with Gasteiger partial charge in [-0.15, -0.1) is 0 Å². The molecule has 0 N–H and O–H groups in total. The monoisotopic (exact) mass is 229 g/mol. The summed E-state index contributed by atoms with van der Waals surface area (Å²) in [6, 6.07) is 10.5. The summed E-state index contributed by atoms with van der Waals surface area (Å²) in [5.74, 6) is 1.23. The van der Waals surface area contributed by atoms with Crippen molar-refractivity contribution in [1.82, 2.24) is 4.90 Å². The molecule has 0 aromatic heterocycles. The van der Waals surface area contributed by atoms with E-state index in [4.69, 9.17) is 0 Å². The van der Waals surface area contributed by atoms with Crippen LogP contribution >= 0.6 is 0 Å². The molecule has 1 aromatic rings. The second-order valence-electron chi connectivity index (χ2n) is 5.98. The number of benzene rings is 1. The lowest BCUT2D eigenvalue weighted by Crippen LogP contribution is -2.34. The number of likely N-dealkylation sites (tertiary alicyclic amines) is 1. The van der Waals surface area contributed by atoms with Crippen molar-refractivity contribution in [2.75, 3.05) is 6.54 Å². The fourth-order valence-electron chi connectivity index (χ4n) is 3.32. The normalized spacial score (nSPS) is 31.2. The Kier molecular flexibility index (Phi) is 2.13. The maximum absolute atomic E-state index is 12.3. The molecule has 2 nitrogen and oxygen atoms in total. The van der Waals surface area contributed by atoms with Crippen LogP contribution in [0.1, 0.15) is 32.4 Å². The minimum Gasteiger partial charge on any atom is -0.335 e. The highest BCUT2D eigenvalue weighted by Crippen LogP contribution is 2.63. The third-order valence-corrected chi connectivity index (χ3v) is 4.74. The number of nitrogens with zero attached hydrogens (tertiary/aromatic N) is 1. The van der Waals surface area contributed by atoms with Crippen molar-refractivity contribution in [3.05, 3.63) is 35.9 Å². The molecule has 1 amide bonds. The molecule has 1 aromatic carbocycles. The van der Waals surface area contributed by atoms with Crippen LogP contribution in [-0.2, 0) is 4.79 Å². The zero-order valence-corrected chi connectivity index (χ0v) is 10.7. The van der Waals surface area contributed by atoms with Crippen molar-refractivity contribution >= 4 is 5.91 Å². The Hall–Kier alpha value is -1.31. The third-order valence-electron chi connectivity index (χ3n) is 4.74. The summed E-state index contributed by atoms with van der Waals surface area (Å²) in [6.45, 7) is 7.49. The van der Waals surface area contributed by atoms with Crippen LogP contribution in [0.25, 0.3) is 0 Å². The SMILES string of the molecule is C[C@@H](c1ccccc1)N1C[C@H]2[C@@H](C1=O)C2(C)C. The molecule has 1 saturated carbocycles. The largest absolute Gasteiger partial charge is 0.335 e. The Labute approximate surface area is 103 Å². The molecule has 3 rings (SSSR count). The number of hydrogen-bond donors (Lipinski definition) is 0. The van der Waals surface area contributed by atoms with E-state index in [1.165, 1.54) is 5.56 Å². The van der Waals surface area contributed by atoms with Gasteiger partial charge in [0.25, 0.3) is 0 Å². The molecule has 0 radical (unpaired) electrons. The first kappa shape index (κ1) is 10.8. The van der Waals surface area contributed by atoms with Crippen LogP contribution in [-0.4, -0.2) is 17.4 Å². The highest BCUT2D eigenvalue weighted by molar-refractivity contribution is 5.86. The molecule has 2 heteroatoms. The summed E-state index contributed by atoms with van der Waals surface area (Å²) >= 11 is 0. The summed E-state index contributed by atoms with van der Waals surface area (Å²) in [6.07, 6.45) is 0. The van der Waals surface area contributed by atoms with Crippen molar-refractivity contribution in [2.45, 2.75) is 26.8 Å². The van der Waals surface area contributed by atoms with Crippen LogP contribution in [0.5, 0.6) is 0 Å². The van der Waals surface area contributed by atoms with Gasteiger partial charge < -0.3 is 4.90 Å². The predicted octanol–water partition coefficient (Wildman–Crippen LogP) is 2.86. The van der Waals surface area contributed by atoms with Gasteiger partial charge >= 0.3 is 0 Å². The summed E-state index contributed by atoms with van der Waals surface area (Å²) in [5.41, 5.74) is 1.49. The quantitative estimate of drug-likeness (QED) is 0.763. The molecular weight excluding hydrogens is 210 g/mol. The second kappa shape index (κ2) is 3.34. The maximum Gasteiger partial charge on any atom is 0.227 e. The van der Waals surface area contributed by atoms with Gasteiger partial charge in [-0.05, 0) is 23.8 Å². The van der Waals surface area contributed by atoms with E-state index in [0.717, 1.165) is 6.54 Å². The van der Waals surface area contributed by atoms with E-state index in [-0.39, 0.29) is 17.4 Å². The molecule has 1 aliphatic carbocycles. The number of hydrogen-bond acceptors (Lipinski definition) is 1. The van der Waals surface area contributed by atoms with E-state index in [1.54, 1.807) is 0 Å². The molecule has 1 heterocycles. The Morgan fingerprint density at radius 1 is 1.29 bits per heavy atom. The van der Waals surface area contributed by atoms with Crippen LogP contribution in [0.3, 0.4) is 0 Å². The smallest absolute Gasteiger partial charge is 0.227 e. The van der Waals surface area contributed by atoms with E-state index in [1.807, 2.05) is 18.2 Å². The van der Waals surface area contributed by atoms with Gasteiger partial charge in [0.1, 0.15) is 0 Å². The molecule has 0 spiro atoms. The first-order valence-corrected chi connectivity index (χ1v) is 6.39. The van der Waals surface area contributed by atoms with Crippen molar-refractivity contribution in [3.63, 3.8) is 0 Å². The average Bonchev–Trinajstić information content (AvgIpc) is 2.68. The van der Waals surface area contributed by atoms with Crippen LogP contribution in [0.15, 0.2) is 30.3 Å². The Morgan fingerprint density at radius 2 is 1.94 bits per heavy atom. The lowest BCUT2D eigenvalue weighted by Gasteiger charge is -2.29. The molecule has 1 aliphatic heterocycles. The van der Waals surface area contributed by atoms with Gasteiger partial charge in [0, 0.05) is 12.5 Å². The first-order valence-electron chi connectivity index (χ1n) is 6.39. The molecule has 1 saturated heterocycles. The fourth-order valence-corrected chi connectivity index (χ4v) is 3.32. The molecule has 3 atom stereocenters. The zero-order valence-electron chi connectivity index (χ0n) is 10.7. The average molecular weight is 229 g/mol. The molecule has 2 fully saturated rings. The van der Waals surface area contributed by atoms with Crippen LogP contribution in [0.4, 0.5) is 0 Å². The molecule has 2 aliphatic rings. The Bertz CT molecular complexity index is 451. The van der Waals surface area contributed by atoms with E-state index < -0.39 is 0 Å². The van der Waals surface area contributed by atoms with Crippen LogP contribution in [0, 0.1) is 17.3 Å². The Balaban J connectivity index is 1.79. The van der Waals surface area contributed by atoms with Crippen LogP contribution in [0.2, 0.25) is 0 Å². The summed E-state index contributed by atoms with van der Waals surface area (Å²) in [7, 11) is 0. The second-order valence-corrected chi connectivity index (χ2v) is 5.98. The highest BCUT2D eigenvalue weighted by atomic mass is 16.2. The summed E-state index contributed by atoms with van der Waals surface area (Å²) in [5, 5.41) is 0. The van der Waals surface area contributed by atoms with Gasteiger partial charge in [-0.1, -0.05) is 44.2 Å². The van der Waals surface area contributed by atoms with E-state index in [9.17, 15) is 4.79 Å². The number of piperidine rings is 1. The molecule has 0 unspecified atom stereocenters. The van der Waals surface area contributed by atoms with E-state index >= 15 is 0 Å². The number of rotatable bonds is 2. The summed E-state index contributed by atoms with van der Waals surface area (Å²) < 4.78 is 0. The van der Waals surface area contributed by atoms with Crippen LogP contribution < -0.4 is 0 Å². The number of amides is 1. The molecule has 90 valence electrons. The Morgan fingerprint density at radius 3 is 2.47 bits per heavy atom. The number of fused-ring (bicyclic) bond motifs is 1. The van der Waals surface area contributed by atoms with Gasteiger partial charge in [0.05, 0.1) is 6.04 Å². The molecular formula is C15H19NO. The fraction of sp³-hybridized carbons (Fsp3) is 0.533. The van der Waals surface area contributed by atoms with E-state index in [0.29, 0.717) is 11.8 Å². The zero-order chi connectivity index (χ0) is 12.2. The minimum atomic E-state index is 0.215. The van der Waals surface area contributed by atoms with Gasteiger partial charge in [-0.3, -0.25) is 4.79 Å². The number of carbonyl (C=O) groups is 1. The van der Waals surface area contributed by atoms with Crippen molar-refractivity contribution in [1.29, 1.82) is 0 Å². The maximum atomic E-state index is 12.3. The third kappa shape index (κ3) is 1.43. The molecule has 0 bridgehead atoms. The summed E-state index contributed by atoms with van der Waals surface area (Å²) in [4.78, 5) is 14.4. The molecule has 17 heavy (non-hydrogen) atoms. The lowest BCUT2D eigenvalue weighted by molar-refractivity contribution is -0.133. The van der Waals surface area contributed by atoms with Gasteiger partial charge in [0.15, 0.2) is 0 Å². The van der Waals surface area contributed by atoms with Crippen molar-refractivity contribution < 1.29 is 4.79 Å². The van der Waals surface area contributed by atoms with Gasteiger partial charge in [-0.2, -0.15) is 0 Å². The standard InChI is InChI=1S/C15H19NO/c1-10(11-7-5-4-6-8-11)16-9-12-13(14(16)17)15(12,2)3/h4-8,10,12-13H,9H2,1-3H3/t10-,12-,13-/m0/s1. The topological polar surface area (TPSA) is 20.3 Å². The van der Waals surface area contributed by atoms with E-state index in [2.05, 4.69) is 37.8 Å². The lowest BCUT2D eigenvalue weighted by atomic mass is 10.0. The van der Waals surface area contributed by atoms with Gasteiger partial charge in [0.2, 0.25) is 5.91 Å². The van der Waals surface area contributed by atoms with Crippen molar-refractivity contribution in [3.8, 4) is 0 Å². The highest BCUT2D eigenvalue weighted by Gasteiger charge is 2.67. The first-order chi connectivity index (χ1) is 8.03. The predicted molar refractivity (Wildman–Crippen MR) is 67.3 cm³/mol. The van der Waals surface area contributed by atoms with Gasteiger partial charge in [-0.25, -0.2) is 0 Å². The van der Waals surface area contributed by atoms with Crippen molar-refractivity contribution in [2.24, 2.45) is 17.3 Å². The minimum absolute atomic E-state index is 0.215. The number of carbonyl (C=O) groups excluding carboxylic acids is 1.